The Balaban J connectivity index is 2.08. The van der Waals surface area contributed by atoms with E-state index in [2.05, 4.69) is 0 Å². The smallest absolute Gasteiger partial charge is 0.307 e. The van der Waals surface area contributed by atoms with Gasteiger partial charge >= 0.3 is 5.97 Å². The number of nitrogens with two attached hydrogens (primary N) is 1. The maximum Gasteiger partial charge on any atom is 0.307 e. The second kappa shape index (κ2) is 7.45. The Bertz CT molecular complexity index is 566. The summed E-state index contributed by atoms with van der Waals surface area (Å²) in [6, 6.07) is 17.1. The summed E-state index contributed by atoms with van der Waals surface area (Å²) in [6.45, 7) is 0.538. The summed E-state index contributed by atoms with van der Waals surface area (Å²) in [5, 5.41) is 8.76. The van der Waals surface area contributed by atoms with Crippen LogP contribution >= 0.6 is 0 Å². The van der Waals surface area contributed by atoms with Gasteiger partial charge in [-0.25, -0.2) is 0 Å². The van der Waals surface area contributed by atoms with E-state index in [0.29, 0.717) is 12.3 Å². The topological polar surface area (TPSA) is 72.5 Å². The van der Waals surface area contributed by atoms with E-state index in [1.807, 2.05) is 30.3 Å². The minimum absolute atomic E-state index is 0.0190. The largest absolute Gasteiger partial charge is 0.486 e. The molecular formula is C17H19NO3. The summed E-state index contributed by atoms with van der Waals surface area (Å²) in [5.41, 5.74) is 7.49. The zero-order valence-electron chi connectivity index (χ0n) is 11.7. The Morgan fingerprint density at radius 3 is 2.33 bits per heavy atom. The molecule has 0 aliphatic carbocycles. The molecule has 0 fully saturated rings. The standard InChI is InChI=1S/C17H19NO3/c18-11-10-16(14-4-2-1-3-5-14)21-15-8-6-13(7-9-15)12-17(19)20/h1-9,16H,10-12,18H2,(H,19,20). The Kier molecular flexibility index (Phi) is 5.35. The molecule has 0 spiro atoms. The number of carbonyl (C=O) groups is 1. The first-order valence-corrected chi connectivity index (χ1v) is 6.91. The summed E-state index contributed by atoms with van der Waals surface area (Å²) in [7, 11) is 0. The van der Waals surface area contributed by atoms with Gasteiger partial charge in [0.15, 0.2) is 0 Å². The normalized spacial score (nSPS) is 11.9. The number of carboxylic acids is 1. The average Bonchev–Trinajstić information content (AvgIpc) is 2.49. The average molecular weight is 285 g/mol. The summed E-state index contributed by atoms with van der Waals surface area (Å²) in [6.07, 6.45) is 0.646. The highest BCUT2D eigenvalue weighted by Gasteiger charge is 2.12. The van der Waals surface area contributed by atoms with E-state index in [0.717, 1.165) is 17.5 Å². The molecule has 0 radical (unpaired) electrons. The minimum Gasteiger partial charge on any atom is -0.486 e. The summed E-state index contributed by atoms with van der Waals surface area (Å²) >= 11 is 0. The lowest BCUT2D eigenvalue weighted by Gasteiger charge is -2.19. The molecule has 0 saturated heterocycles. The van der Waals surface area contributed by atoms with Crippen LogP contribution in [-0.2, 0) is 11.2 Å². The van der Waals surface area contributed by atoms with Crippen molar-refractivity contribution >= 4 is 5.97 Å². The molecule has 1 atom stereocenters. The molecule has 0 saturated carbocycles. The third-order valence-electron chi connectivity index (χ3n) is 3.16. The fourth-order valence-corrected chi connectivity index (χ4v) is 2.14. The van der Waals surface area contributed by atoms with Gasteiger partial charge in [-0.3, -0.25) is 4.79 Å². The summed E-state index contributed by atoms with van der Waals surface area (Å²) < 4.78 is 5.97. The van der Waals surface area contributed by atoms with Gasteiger partial charge in [-0.05, 0) is 29.8 Å². The Morgan fingerprint density at radius 1 is 1.10 bits per heavy atom. The SMILES string of the molecule is NCCC(Oc1ccc(CC(=O)O)cc1)c1ccccc1. The van der Waals surface area contributed by atoms with Crippen molar-refractivity contribution < 1.29 is 14.6 Å². The van der Waals surface area contributed by atoms with Crippen molar-refractivity contribution in [3.63, 3.8) is 0 Å². The lowest BCUT2D eigenvalue weighted by molar-refractivity contribution is -0.136. The van der Waals surface area contributed by atoms with Crippen LogP contribution in [0.3, 0.4) is 0 Å². The van der Waals surface area contributed by atoms with E-state index in [4.69, 9.17) is 15.6 Å². The molecule has 0 aliphatic heterocycles. The third kappa shape index (κ3) is 4.61. The molecule has 3 N–H and O–H groups in total. The molecule has 0 amide bonds. The summed E-state index contributed by atoms with van der Waals surface area (Å²) in [5.74, 6) is -0.125. The van der Waals surface area contributed by atoms with Crippen LogP contribution in [0.4, 0.5) is 0 Å². The van der Waals surface area contributed by atoms with E-state index in [-0.39, 0.29) is 12.5 Å². The van der Waals surface area contributed by atoms with Crippen molar-refractivity contribution in [2.24, 2.45) is 5.73 Å². The fraction of sp³-hybridized carbons (Fsp3) is 0.235. The van der Waals surface area contributed by atoms with Gasteiger partial charge in [0.1, 0.15) is 11.9 Å². The lowest BCUT2D eigenvalue weighted by atomic mass is 10.1. The quantitative estimate of drug-likeness (QED) is 0.820. The predicted molar refractivity (Wildman–Crippen MR) is 81.3 cm³/mol. The number of aliphatic carboxylic acids is 1. The van der Waals surface area contributed by atoms with E-state index in [1.54, 1.807) is 24.3 Å². The highest BCUT2D eigenvalue weighted by atomic mass is 16.5. The molecule has 2 aromatic carbocycles. The molecule has 2 aromatic rings. The second-order valence-corrected chi connectivity index (χ2v) is 4.81. The molecule has 0 aliphatic rings. The second-order valence-electron chi connectivity index (χ2n) is 4.81. The Hall–Kier alpha value is -2.33. The number of hydrogen-bond acceptors (Lipinski definition) is 3. The van der Waals surface area contributed by atoms with Crippen molar-refractivity contribution in [1.29, 1.82) is 0 Å². The zero-order valence-corrected chi connectivity index (χ0v) is 11.7. The molecule has 0 bridgehead atoms. The molecule has 1 unspecified atom stereocenters. The van der Waals surface area contributed by atoms with E-state index in [1.165, 1.54) is 0 Å². The molecule has 0 aromatic heterocycles. The minimum atomic E-state index is -0.839. The molecule has 4 nitrogen and oxygen atoms in total. The van der Waals surface area contributed by atoms with E-state index >= 15 is 0 Å². The molecule has 4 heteroatoms. The van der Waals surface area contributed by atoms with Crippen molar-refractivity contribution in [3.8, 4) is 5.75 Å². The van der Waals surface area contributed by atoms with Gasteiger partial charge in [0.05, 0.1) is 6.42 Å². The van der Waals surface area contributed by atoms with Gasteiger partial charge in [-0.1, -0.05) is 42.5 Å². The first-order valence-electron chi connectivity index (χ1n) is 6.91. The van der Waals surface area contributed by atoms with Gasteiger partial charge in [-0.2, -0.15) is 0 Å². The van der Waals surface area contributed by atoms with Gasteiger partial charge < -0.3 is 15.6 Å². The van der Waals surface area contributed by atoms with Crippen LogP contribution in [0.25, 0.3) is 0 Å². The number of benzene rings is 2. The number of hydrogen-bond donors (Lipinski definition) is 2. The molecular weight excluding hydrogens is 266 g/mol. The molecule has 110 valence electrons. The van der Waals surface area contributed by atoms with E-state index in [9.17, 15) is 4.79 Å². The van der Waals surface area contributed by atoms with Crippen molar-refractivity contribution in [3.05, 3.63) is 65.7 Å². The maximum absolute atomic E-state index is 10.7. The van der Waals surface area contributed by atoms with Gasteiger partial charge in [0.2, 0.25) is 0 Å². The number of ether oxygens (including phenoxy) is 1. The summed E-state index contributed by atoms with van der Waals surface area (Å²) in [4.78, 5) is 10.7. The lowest BCUT2D eigenvalue weighted by Crippen LogP contribution is -2.13. The number of carboxylic acid groups (broad SMARTS) is 1. The van der Waals surface area contributed by atoms with Crippen molar-refractivity contribution in [2.45, 2.75) is 18.9 Å². The Morgan fingerprint density at radius 2 is 1.76 bits per heavy atom. The Labute approximate surface area is 124 Å². The predicted octanol–water partition coefficient (Wildman–Crippen LogP) is 2.78. The van der Waals surface area contributed by atoms with Gasteiger partial charge in [-0.15, -0.1) is 0 Å². The van der Waals surface area contributed by atoms with Crippen molar-refractivity contribution in [1.82, 2.24) is 0 Å². The highest BCUT2D eigenvalue weighted by molar-refractivity contribution is 5.70. The monoisotopic (exact) mass is 285 g/mol. The molecule has 2 rings (SSSR count). The highest BCUT2D eigenvalue weighted by Crippen LogP contribution is 2.24. The van der Waals surface area contributed by atoms with Crippen LogP contribution in [0.15, 0.2) is 54.6 Å². The number of rotatable bonds is 7. The van der Waals surface area contributed by atoms with Crippen LogP contribution in [0.2, 0.25) is 0 Å². The maximum atomic E-state index is 10.7. The van der Waals surface area contributed by atoms with Crippen LogP contribution in [0.1, 0.15) is 23.7 Å². The third-order valence-corrected chi connectivity index (χ3v) is 3.16. The van der Waals surface area contributed by atoms with Crippen LogP contribution in [-0.4, -0.2) is 17.6 Å². The van der Waals surface area contributed by atoms with Crippen molar-refractivity contribution in [2.75, 3.05) is 6.54 Å². The first-order chi connectivity index (χ1) is 10.2. The van der Waals surface area contributed by atoms with Crippen LogP contribution in [0.5, 0.6) is 5.75 Å². The van der Waals surface area contributed by atoms with Gasteiger partial charge in [0.25, 0.3) is 0 Å². The first kappa shape index (κ1) is 15.1. The van der Waals surface area contributed by atoms with Crippen LogP contribution in [0, 0.1) is 0 Å². The fourth-order valence-electron chi connectivity index (χ4n) is 2.14. The molecule has 0 heterocycles. The van der Waals surface area contributed by atoms with Crippen LogP contribution < -0.4 is 10.5 Å². The molecule has 21 heavy (non-hydrogen) atoms. The van der Waals surface area contributed by atoms with E-state index < -0.39 is 5.97 Å². The van der Waals surface area contributed by atoms with Gasteiger partial charge in [0, 0.05) is 6.42 Å². The zero-order chi connectivity index (χ0) is 15.1.